The van der Waals surface area contributed by atoms with Crippen LogP contribution in [0.3, 0.4) is 0 Å². The van der Waals surface area contributed by atoms with Crippen LogP contribution >= 0.6 is 0 Å². The molecule has 1 amide bonds. The maximum absolute atomic E-state index is 12.4. The minimum atomic E-state index is 0.114. The third-order valence-corrected chi connectivity index (χ3v) is 5.23. The van der Waals surface area contributed by atoms with E-state index < -0.39 is 0 Å². The summed E-state index contributed by atoms with van der Waals surface area (Å²) >= 11 is 0. The second-order valence-corrected chi connectivity index (χ2v) is 7.16. The van der Waals surface area contributed by atoms with Crippen molar-refractivity contribution in [2.75, 3.05) is 7.05 Å². The molecule has 0 bridgehead atoms. The van der Waals surface area contributed by atoms with E-state index in [9.17, 15) is 4.79 Å². The highest BCUT2D eigenvalue weighted by atomic mass is 16.3. The molecule has 128 valence electrons. The summed E-state index contributed by atoms with van der Waals surface area (Å²) in [6, 6.07) is 4.08. The fourth-order valence-corrected chi connectivity index (χ4v) is 3.50. The highest BCUT2D eigenvalue weighted by Crippen LogP contribution is 2.47. The number of fused-ring (bicyclic) bond motifs is 1. The molecule has 0 saturated heterocycles. The van der Waals surface area contributed by atoms with Crippen LogP contribution in [0.5, 0.6) is 0 Å². The Morgan fingerprint density at radius 3 is 3.04 bits per heavy atom. The van der Waals surface area contributed by atoms with Crippen LogP contribution in [0.25, 0.3) is 0 Å². The molecular formula is C18H24N4O2. The topological polar surface area (TPSA) is 64.2 Å². The van der Waals surface area contributed by atoms with E-state index in [1.165, 1.54) is 6.42 Å². The van der Waals surface area contributed by atoms with Gasteiger partial charge in [-0.05, 0) is 30.9 Å². The van der Waals surface area contributed by atoms with Crippen molar-refractivity contribution < 1.29 is 9.21 Å². The zero-order valence-electron chi connectivity index (χ0n) is 14.4. The summed E-state index contributed by atoms with van der Waals surface area (Å²) in [5, 5.41) is 8.41. The predicted molar refractivity (Wildman–Crippen MR) is 88.4 cm³/mol. The number of hydrogen-bond donors (Lipinski definition) is 0. The van der Waals surface area contributed by atoms with Gasteiger partial charge in [-0.2, -0.15) is 0 Å². The molecule has 1 aliphatic heterocycles. The molecule has 0 unspecified atom stereocenters. The second-order valence-electron chi connectivity index (χ2n) is 7.16. The van der Waals surface area contributed by atoms with Crippen molar-refractivity contribution in [3.05, 3.63) is 35.3 Å². The first kappa shape index (κ1) is 15.4. The molecule has 6 nitrogen and oxygen atoms in total. The van der Waals surface area contributed by atoms with E-state index in [-0.39, 0.29) is 5.91 Å². The van der Waals surface area contributed by atoms with Crippen LogP contribution in [0.15, 0.2) is 16.5 Å². The smallest absolute Gasteiger partial charge is 0.223 e. The number of carbonyl (C=O) groups excluding carboxylic acids is 1. The molecule has 2 aromatic heterocycles. The van der Waals surface area contributed by atoms with E-state index in [1.807, 2.05) is 13.1 Å². The highest BCUT2D eigenvalue weighted by Gasteiger charge is 2.36. The SMILES string of the molecule is C[C@H]1C[C@H]1c1ccc(CCC(=O)N(C)Cc2nnc3n2CCC3)o1. The Morgan fingerprint density at radius 2 is 2.25 bits per heavy atom. The highest BCUT2D eigenvalue weighted by molar-refractivity contribution is 5.76. The van der Waals surface area contributed by atoms with Gasteiger partial charge in [0.15, 0.2) is 5.82 Å². The van der Waals surface area contributed by atoms with Crippen molar-refractivity contribution >= 4 is 5.91 Å². The van der Waals surface area contributed by atoms with E-state index in [4.69, 9.17) is 4.42 Å². The maximum Gasteiger partial charge on any atom is 0.223 e. The third-order valence-electron chi connectivity index (χ3n) is 5.23. The quantitative estimate of drug-likeness (QED) is 0.817. The van der Waals surface area contributed by atoms with Gasteiger partial charge in [-0.15, -0.1) is 10.2 Å². The molecule has 0 aromatic carbocycles. The summed E-state index contributed by atoms with van der Waals surface area (Å²) in [6.45, 7) is 3.73. The van der Waals surface area contributed by atoms with E-state index in [0.717, 1.165) is 48.5 Å². The lowest BCUT2D eigenvalue weighted by atomic mass is 10.2. The van der Waals surface area contributed by atoms with E-state index in [2.05, 4.69) is 27.8 Å². The van der Waals surface area contributed by atoms with Crippen molar-refractivity contribution in [3.63, 3.8) is 0 Å². The zero-order chi connectivity index (χ0) is 16.7. The van der Waals surface area contributed by atoms with Gasteiger partial charge in [0.2, 0.25) is 5.91 Å². The van der Waals surface area contributed by atoms with Gasteiger partial charge >= 0.3 is 0 Å². The van der Waals surface area contributed by atoms with Crippen LogP contribution in [0, 0.1) is 5.92 Å². The number of nitrogens with zero attached hydrogens (tertiary/aromatic N) is 4. The number of rotatable bonds is 6. The Kier molecular flexibility index (Phi) is 3.90. The minimum absolute atomic E-state index is 0.114. The summed E-state index contributed by atoms with van der Waals surface area (Å²) in [6.07, 6.45) is 4.45. The number of amides is 1. The molecule has 24 heavy (non-hydrogen) atoms. The third kappa shape index (κ3) is 2.97. The van der Waals surface area contributed by atoms with Crippen molar-refractivity contribution in [1.82, 2.24) is 19.7 Å². The van der Waals surface area contributed by atoms with E-state index in [0.29, 0.717) is 25.3 Å². The van der Waals surface area contributed by atoms with Crippen LogP contribution in [-0.4, -0.2) is 32.6 Å². The molecule has 0 N–H and O–H groups in total. The lowest BCUT2D eigenvalue weighted by Gasteiger charge is -2.16. The van der Waals surface area contributed by atoms with E-state index >= 15 is 0 Å². The molecule has 0 radical (unpaired) electrons. The number of carbonyl (C=O) groups is 1. The van der Waals surface area contributed by atoms with Gasteiger partial charge in [0.25, 0.3) is 0 Å². The van der Waals surface area contributed by atoms with Gasteiger partial charge in [0, 0.05) is 38.8 Å². The van der Waals surface area contributed by atoms with Gasteiger partial charge < -0.3 is 13.9 Å². The van der Waals surface area contributed by atoms with Gasteiger partial charge in [0.05, 0.1) is 6.54 Å². The molecule has 2 aromatic rings. The Balaban J connectivity index is 1.30. The predicted octanol–water partition coefficient (Wildman–Crippen LogP) is 2.53. The van der Waals surface area contributed by atoms with Gasteiger partial charge in [-0.3, -0.25) is 4.79 Å². The van der Waals surface area contributed by atoms with Crippen molar-refractivity contribution in [2.45, 2.75) is 58.0 Å². The van der Waals surface area contributed by atoms with Crippen LogP contribution < -0.4 is 0 Å². The summed E-state index contributed by atoms with van der Waals surface area (Å²) < 4.78 is 8.02. The lowest BCUT2D eigenvalue weighted by molar-refractivity contribution is -0.130. The van der Waals surface area contributed by atoms with Crippen molar-refractivity contribution in [3.8, 4) is 0 Å². The number of aromatic nitrogens is 3. The van der Waals surface area contributed by atoms with Crippen LogP contribution in [0.2, 0.25) is 0 Å². The van der Waals surface area contributed by atoms with E-state index in [1.54, 1.807) is 4.90 Å². The molecule has 1 fully saturated rings. The average molecular weight is 328 g/mol. The first-order valence-electron chi connectivity index (χ1n) is 8.85. The molecule has 1 aliphatic carbocycles. The lowest BCUT2D eigenvalue weighted by Crippen LogP contribution is -2.27. The Morgan fingerprint density at radius 1 is 1.42 bits per heavy atom. The molecule has 3 heterocycles. The summed E-state index contributed by atoms with van der Waals surface area (Å²) in [5.74, 6) is 5.37. The molecule has 6 heteroatoms. The summed E-state index contributed by atoms with van der Waals surface area (Å²) in [5.41, 5.74) is 0. The van der Waals surface area contributed by atoms with Gasteiger partial charge in [-0.25, -0.2) is 0 Å². The Labute approximate surface area is 141 Å². The molecule has 1 saturated carbocycles. The van der Waals surface area contributed by atoms with Crippen LogP contribution in [0.1, 0.15) is 55.3 Å². The number of hydrogen-bond acceptors (Lipinski definition) is 4. The zero-order valence-corrected chi connectivity index (χ0v) is 14.4. The fraction of sp³-hybridized carbons (Fsp3) is 0.611. The molecule has 2 atom stereocenters. The summed E-state index contributed by atoms with van der Waals surface area (Å²) in [4.78, 5) is 14.1. The largest absolute Gasteiger partial charge is 0.466 e. The molecule has 0 spiro atoms. The number of aryl methyl sites for hydroxylation is 2. The molecule has 4 rings (SSSR count). The molecule has 2 aliphatic rings. The average Bonchev–Trinajstić information content (AvgIpc) is 3.00. The minimum Gasteiger partial charge on any atom is -0.466 e. The standard InChI is InChI=1S/C18H24N4O2/c1-12-10-14(12)15-7-5-13(24-15)6-8-18(23)21(2)11-17-20-19-16-4-3-9-22(16)17/h5,7,12,14H,3-4,6,8-11H2,1-2H3/t12-,14+/m0/s1. The first-order chi connectivity index (χ1) is 11.6. The monoisotopic (exact) mass is 328 g/mol. The van der Waals surface area contributed by atoms with Gasteiger partial charge in [0.1, 0.15) is 17.3 Å². The maximum atomic E-state index is 12.4. The first-order valence-corrected chi connectivity index (χ1v) is 8.85. The Bertz CT molecular complexity index is 748. The van der Waals surface area contributed by atoms with Crippen LogP contribution in [-0.2, 0) is 30.7 Å². The normalized spacial score (nSPS) is 21.8. The van der Waals surface area contributed by atoms with Crippen molar-refractivity contribution in [1.29, 1.82) is 0 Å². The second kappa shape index (κ2) is 6.07. The fourth-order valence-electron chi connectivity index (χ4n) is 3.50. The molecular weight excluding hydrogens is 304 g/mol. The number of furan rings is 1. The Hall–Kier alpha value is -2.11. The van der Waals surface area contributed by atoms with Crippen LogP contribution in [0.4, 0.5) is 0 Å². The van der Waals surface area contributed by atoms with Gasteiger partial charge in [-0.1, -0.05) is 6.92 Å². The summed E-state index contributed by atoms with van der Waals surface area (Å²) in [7, 11) is 1.83. The van der Waals surface area contributed by atoms with Crippen molar-refractivity contribution in [2.24, 2.45) is 5.92 Å².